The summed E-state index contributed by atoms with van der Waals surface area (Å²) in [5, 5.41) is 21.7. The van der Waals surface area contributed by atoms with Gasteiger partial charge in [-0.15, -0.1) is 0 Å². The normalized spacial score (nSPS) is 13.0. The predicted octanol–water partition coefficient (Wildman–Crippen LogP) is 3.35. The summed E-state index contributed by atoms with van der Waals surface area (Å²) in [6.07, 6.45) is 3.77. The van der Waals surface area contributed by atoms with Crippen LogP contribution in [0.4, 0.5) is 11.4 Å². The Bertz CT molecular complexity index is 606. The molecular formula is C19H26N2O2. The van der Waals surface area contributed by atoms with Crippen LogP contribution in [0.3, 0.4) is 0 Å². The molecule has 0 aliphatic carbocycles. The largest absolute Gasteiger partial charge is 0.399 e. The van der Waals surface area contributed by atoms with Crippen molar-refractivity contribution in [2.75, 3.05) is 11.5 Å². The summed E-state index contributed by atoms with van der Waals surface area (Å²) in [5.41, 5.74) is 14.0. The Kier molecular flexibility index (Phi) is 5.64. The van der Waals surface area contributed by atoms with Crippen molar-refractivity contribution in [1.82, 2.24) is 0 Å². The van der Waals surface area contributed by atoms with Gasteiger partial charge in [-0.3, -0.25) is 0 Å². The van der Waals surface area contributed by atoms with E-state index in [4.69, 9.17) is 11.5 Å². The van der Waals surface area contributed by atoms with E-state index in [2.05, 4.69) is 6.92 Å². The molecule has 0 aliphatic rings. The monoisotopic (exact) mass is 314 g/mol. The lowest BCUT2D eigenvalue weighted by Crippen LogP contribution is -2.33. The first-order valence-corrected chi connectivity index (χ1v) is 8.11. The van der Waals surface area contributed by atoms with Crippen LogP contribution in [0.25, 0.3) is 0 Å². The average molecular weight is 314 g/mol. The first-order valence-electron chi connectivity index (χ1n) is 8.11. The van der Waals surface area contributed by atoms with Gasteiger partial charge in [0, 0.05) is 22.9 Å². The molecule has 0 spiro atoms. The number of benzene rings is 2. The number of hydrogen-bond donors (Lipinski definition) is 4. The number of nitrogen functional groups attached to an aromatic ring is 2. The molecule has 4 nitrogen and oxygen atoms in total. The van der Waals surface area contributed by atoms with Gasteiger partial charge in [-0.2, -0.15) is 0 Å². The van der Waals surface area contributed by atoms with Crippen molar-refractivity contribution >= 4 is 11.4 Å². The Labute approximate surface area is 137 Å². The van der Waals surface area contributed by atoms with E-state index in [-0.39, 0.29) is 0 Å². The Morgan fingerprint density at radius 3 is 1.91 bits per heavy atom. The number of anilines is 2. The van der Waals surface area contributed by atoms with Gasteiger partial charge in [0.1, 0.15) is 0 Å². The molecule has 6 N–H and O–H groups in total. The number of nitrogens with two attached hydrogens (primary N) is 2. The molecule has 1 unspecified atom stereocenters. The summed E-state index contributed by atoms with van der Waals surface area (Å²) in [7, 11) is 0. The van der Waals surface area contributed by atoms with Crippen LogP contribution < -0.4 is 11.5 Å². The molecule has 0 fully saturated rings. The van der Waals surface area contributed by atoms with Crippen LogP contribution in [-0.2, 0) is 5.79 Å². The molecular weight excluding hydrogens is 288 g/mol. The summed E-state index contributed by atoms with van der Waals surface area (Å²) in [6, 6.07) is 14.0. The van der Waals surface area contributed by atoms with E-state index in [0.717, 1.165) is 24.8 Å². The fourth-order valence-electron chi connectivity index (χ4n) is 2.86. The van der Waals surface area contributed by atoms with Crippen LogP contribution in [0, 0.1) is 0 Å². The summed E-state index contributed by atoms with van der Waals surface area (Å²) >= 11 is 0. The molecule has 0 saturated carbocycles. The maximum atomic E-state index is 10.8. The Morgan fingerprint density at radius 2 is 1.39 bits per heavy atom. The molecule has 2 rings (SSSR count). The highest BCUT2D eigenvalue weighted by molar-refractivity contribution is 5.43. The second-order valence-corrected chi connectivity index (χ2v) is 6.06. The molecule has 1 atom stereocenters. The predicted molar refractivity (Wildman–Crippen MR) is 94.7 cm³/mol. The van der Waals surface area contributed by atoms with Crippen molar-refractivity contribution in [1.29, 1.82) is 0 Å². The maximum Gasteiger partial charge on any atom is 0.196 e. The van der Waals surface area contributed by atoms with Crippen LogP contribution in [0.2, 0.25) is 0 Å². The van der Waals surface area contributed by atoms with Gasteiger partial charge in [0.2, 0.25) is 0 Å². The van der Waals surface area contributed by atoms with Gasteiger partial charge < -0.3 is 21.7 Å². The minimum absolute atomic E-state index is 0.418. The van der Waals surface area contributed by atoms with Crippen LogP contribution in [0.1, 0.15) is 49.7 Å². The van der Waals surface area contributed by atoms with E-state index >= 15 is 0 Å². The zero-order valence-corrected chi connectivity index (χ0v) is 13.6. The Hall–Kier alpha value is -2.04. The van der Waals surface area contributed by atoms with Crippen molar-refractivity contribution in [3.05, 3.63) is 59.7 Å². The first kappa shape index (κ1) is 17.3. The topological polar surface area (TPSA) is 92.5 Å². The lowest BCUT2D eigenvalue weighted by atomic mass is 9.82. The zero-order chi connectivity index (χ0) is 16.9. The SMILES string of the molecule is CCCCCC(c1ccc(N)cc1)C(O)(O)c1ccc(N)cc1. The molecule has 0 bridgehead atoms. The molecule has 0 aromatic heterocycles. The quantitative estimate of drug-likeness (QED) is 0.358. The van der Waals surface area contributed by atoms with Crippen LogP contribution in [0.15, 0.2) is 48.5 Å². The van der Waals surface area contributed by atoms with E-state index in [1.165, 1.54) is 0 Å². The van der Waals surface area contributed by atoms with Gasteiger partial charge in [-0.05, 0) is 36.2 Å². The minimum atomic E-state index is -1.95. The minimum Gasteiger partial charge on any atom is -0.399 e. The van der Waals surface area contributed by atoms with E-state index < -0.39 is 11.7 Å². The Morgan fingerprint density at radius 1 is 0.870 bits per heavy atom. The molecule has 2 aromatic rings. The van der Waals surface area contributed by atoms with E-state index in [1.807, 2.05) is 12.1 Å². The van der Waals surface area contributed by atoms with Gasteiger partial charge in [0.05, 0.1) is 0 Å². The molecule has 0 saturated heterocycles. The molecule has 124 valence electrons. The van der Waals surface area contributed by atoms with Crippen molar-refractivity contribution in [3.63, 3.8) is 0 Å². The fraction of sp³-hybridized carbons (Fsp3) is 0.368. The summed E-state index contributed by atoms with van der Waals surface area (Å²) in [6.45, 7) is 2.13. The second-order valence-electron chi connectivity index (χ2n) is 6.06. The van der Waals surface area contributed by atoms with Crippen molar-refractivity contribution in [2.24, 2.45) is 0 Å². The molecule has 23 heavy (non-hydrogen) atoms. The fourth-order valence-corrected chi connectivity index (χ4v) is 2.86. The van der Waals surface area contributed by atoms with Gasteiger partial charge in [0.25, 0.3) is 0 Å². The summed E-state index contributed by atoms with van der Waals surface area (Å²) in [4.78, 5) is 0. The van der Waals surface area contributed by atoms with Crippen LogP contribution in [-0.4, -0.2) is 10.2 Å². The summed E-state index contributed by atoms with van der Waals surface area (Å²) in [5.74, 6) is -2.37. The van der Waals surface area contributed by atoms with Crippen LogP contribution in [0.5, 0.6) is 0 Å². The lowest BCUT2D eigenvalue weighted by Gasteiger charge is -2.32. The molecule has 0 radical (unpaired) electrons. The van der Waals surface area contributed by atoms with E-state index in [9.17, 15) is 10.2 Å². The van der Waals surface area contributed by atoms with Crippen molar-refractivity contribution < 1.29 is 10.2 Å². The maximum absolute atomic E-state index is 10.8. The van der Waals surface area contributed by atoms with Gasteiger partial charge in [-0.25, -0.2) is 0 Å². The number of rotatable bonds is 7. The number of hydrogen-bond acceptors (Lipinski definition) is 4. The lowest BCUT2D eigenvalue weighted by molar-refractivity contribution is -0.190. The number of unbranched alkanes of at least 4 members (excludes halogenated alkanes) is 2. The second kappa shape index (κ2) is 7.49. The van der Waals surface area contributed by atoms with Crippen LogP contribution >= 0.6 is 0 Å². The van der Waals surface area contributed by atoms with Crippen molar-refractivity contribution in [3.8, 4) is 0 Å². The highest BCUT2D eigenvalue weighted by atomic mass is 16.5. The van der Waals surface area contributed by atoms with Crippen molar-refractivity contribution in [2.45, 2.75) is 44.3 Å². The van der Waals surface area contributed by atoms with Gasteiger partial charge in [-0.1, -0.05) is 50.5 Å². The molecule has 4 heteroatoms. The number of aliphatic hydroxyl groups is 2. The highest BCUT2D eigenvalue weighted by Crippen LogP contribution is 2.39. The zero-order valence-electron chi connectivity index (χ0n) is 13.6. The smallest absolute Gasteiger partial charge is 0.196 e. The molecule has 0 heterocycles. The Balaban J connectivity index is 2.34. The summed E-state index contributed by atoms with van der Waals surface area (Å²) < 4.78 is 0. The van der Waals surface area contributed by atoms with E-state index in [0.29, 0.717) is 23.4 Å². The van der Waals surface area contributed by atoms with Gasteiger partial charge >= 0.3 is 0 Å². The third kappa shape index (κ3) is 4.24. The molecule has 0 amide bonds. The third-order valence-corrected chi connectivity index (χ3v) is 4.26. The first-order chi connectivity index (χ1) is 10.9. The van der Waals surface area contributed by atoms with E-state index in [1.54, 1.807) is 36.4 Å². The standard InChI is InChI=1S/C19H26N2O2/c1-2-3-4-5-18(14-6-10-16(20)11-7-14)19(22,23)15-8-12-17(21)13-9-15/h6-13,18,22-23H,2-5,20-21H2,1H3. The average Bonchev–Trinajstić information content (AvgIpc) is 2.53. The highest BCUT2D eigenvalue weighted by Gasteiger charge is 2.37. The molecule has 2 aromatic carbocycles. The third-order valence-electron chi connectivity index (χ3n) is 4.26. The molecule has 0 aliphatic heterocycles. The van der Waals surface area contributed by atoms with Gasteiger partial charge in [0.15, 0.2) is 5.79 Å².